The molecule has 0 unspecified atom stereocenters. The third-order valence-electron chi connectivity index (χ3n) is 3.18. The van der Waals surface area contributed by atoms with E-state index in [1.807, 2.05) is 24.9 Å². The molecular formula is C17H17FNOY-. The fraction of sp³-hybridized carbons (Fsp3) is 0.176. The van der Waals surface area contributed by atoms with Crippen molar-refractivity contribution >= 4 is 5.70 Å². The Morgan fingerprint density at radius 1 is 1.43 bits per heavy atom. The Hall–Kier alpha value is -1.19. The van der Waals surface area contributed by atoms with Crippen LogP contribution in [0.1, 0.15) is 12.5 Å². The monoisotopic (exact) mass is 359 g/mol. The van der Waals surface area contributed by atoms with Crippen molar-refractivity contribution in [1.82, 2.24) is 4.90 Å². The van der Waals surface area contributed by atoms with Crippen molar-refractivity contribution in [3.63, 3.8) is 0 Å². The van der Waals surface area contributed by atoms with E-state index in [1.54, 1.807) is 18.2 Å². The van der Waals surface area contributed by atoms with Crippen molar-refractivity contribution in [3.8, 4) is 5.75 Å². The van der Waals surface area contributed by atoms with Crippen LogP contribution in [0, 0.1) is 11.9 Å². The van der Waals surface area contributed by atoms with E-state index in [0.29, 0.717) is 23.6 Å². The summed E-state index contributed by atoms with van der Waals surface area (Å²) in [4.78, 5) is 1.83. The molecule has 0 aromatic heterocycles. The zero-order valence-corrected chi connectivity index (χ0v) is 15.2. The van der Waals surface area contributed by atoms with Crippen LogP contribution in [0.2, 0.25) is 0 Å². The van der Waals surface area contributed by atoms with E-state index >= 15 is 0 Å². The molecule has 1 aromatic rings. The first kappa shape index (κ1) is 17.9. The summed E-state index contributed by atoms with van der Waals surface area (Å²) in [5.74, 6) is 0.137. The summed E-state index contributed by atoms with van der Waals surface area (Å²) in [5, 5.41) is 0. The zero-order chi connectivity index (χ0) is 14.7. The zero-order valence-electron chi connectivity index (χ0n) is 12.3. The minimum atomic E-state index is -0.346. The van der Waals surface area contributed by atoms with Crippen molar-refractivity contribution in [2.45, 2.75) is 6.92 Å². The molecule has 1 aliphatic heterocycles. The van der Waals surface area contributed by atoms with Crippen LogP contribution in [0.15, 0.2) is 54.8 Å². The standard InChI is InChI=1S/C17H17FNO.Y/c1-5-10-20-14-7-8-15(16(18)11-14)17-9-6-12(2)13(3)19(17)4;/h5-8,11H,1,3,10H2,2,4H3;/q-1;. The van der Waals surface area contributed by atoms with Gasteiger partial charge in [-0.25, -0.2) is 4.39 Å². The van der Waals surface area contributed by atoms with E-state index in [0.717, 1.165) is 11.3 Å². The Morgan fingerprint density at radius 2 is 2.14 bits per heavy atom. The average molecular weight is 359 g/mol. The maximum Gasteiger partial charge on any atom is 0.120 e. The fourth-order valence-electron chi connectivity index (χ4n) is 1.95. The quantitative estimate of drug-likeness (QED) is 0.597. The molecule has 1 aromatic carbocycles. The number of rotatable bonds is 4. The van der Waals surface area contributed by atoms with Crippen LogP contribution < -0.4 is 4.74 Å². The minimum Gasteiger partial charge on any atom is -0.490 e. The van der Waals surface area contributed by atoms with Crippen molar-refractivity contribution in [2.24, 2.45) is 0 Å². The predicted octanol–water partition coefficient (Wildman–Crippen LogP) is 3.94. The van der Waals surface area contributed by atoms with Crippen LogP contribution in [-0.2, 0) is 32.7 Å². The molecule has 21 heavy (non-hydrogen) atoms. The van der Waals surface area contributed by atoms with Gasteiger partial charge >= 0.3 is 0 Å². The second-order valence-electron chi connectivity index (χ2n) is 4.57. The summed E-state index contributed by atoms with van der Waals surface area (Å²) < 4.78 is 19.5. The summed E-state index contributed by atoms with van der Waals surface area (Å²) in [7, 11) is 1.85. The van der Waals surface area contributed by atoms with Crippen LogP contribution in [0.5, 0.6) is 5.75 Å². The van der Waals surface area contributed by atoms with Gasteiger partial charge in [0.05, 0.1) is 5.82 Å². The number of hydrogen-bond acceptors (Lipinski definition) is 2. The first-order chi connectivity index (χ1) is 9.54. The summed E-state index contributed by atoms with van der Waals surface area (Å²) >= 11 is 0. The van der Waals surface area contributed by atoms with Crippen LogP contribution >= 0.6 is 0 Å². The number of ether oxygens (including phenoxy) is 1. The van der Waals surface area contributed by atoms with E-state index in [1.165, 1.54) is 6.07 Å². The van der Waals surface area contributed by atoms with Gasteiger partial charge in [-0.3, -0.25) is 0 Å². The summed E-state index contributed by atoms with van der Waals surface area (Å²) in [6.45, 7) is 9.84. The molecule has 0 saturated carbocycles. The van der Waals surface area contributed by atoms with Gasteiger partial charge in [0.1, 0.15) is 12.4 Å². The Morgan fingerprint density at radius 3 is 2.76 bits per heavy atom. The summed E-state index contributed by atoms with van der Waals surface area (Å²) in [6.07, 6.45) is 6.53. The van der Waals surface area contributed by atoms with Gasteiger partial charge in [-0.15, -0.1) is 11.6 Å². The molecule has 107 valence electrons. The van der Waals surface area contributed by atoms with Gasteiger partial charge in [0.25, 0.3) is 0 Å². The third kappa shape index (κ3) is 3.92. The van der Waals surface area contributed by atoms with Gasteiger partial charge in [-0.2, -0.15) is 12.2 Å². The van der Waals surface area contributed by atoms with Gasteiger partial charge < -0.3 is 9.64 Å². The Labute approximate surface area is 150 Å². The van der Waals surface area contributed by atoms with E-state index < -0.39 is 0 Å². The van der Waals surface area contributed by atoms with Gasteiger partial charge in [0, 0.05) is 45.8 Å². The number of benzene rings is 1. The largest absolute Gasteiger partial charge is 0.490 e. The Kier molecular flexibility index (Phi) is 6.57. The van der Waals surface area contributed by atoms with E-state index in [4.69, 9.17) is 4.74 Å². The number of allylic oxidation sites excluding steroid dienone is 3. The molecule has 0 atom stereocenters. The van der Waals surface area contributed by atoms with Crippen LogP contribution in [0.3, 0.4) is 0 Å². The van der Waals surface area contributed by atoms with Gasteiger partial charge in [-0.1, -0.05) is 37.4 Å². The van der Waals surface area contributed by atoms with Gasteiger partial charge in [0.15, 0.2) is 0 Å². The van der Waals surface area contributed by atoms with E-state index in [2.05, 4.69) is 19.2 Å². The molecule has 0 spiro atoms. The van der Waals surface area contributed by atoms with Gasteiger partial charge in [0.2, 0.25) is 0 Å². The molecule has 1 aliphatic rings. The second-order valence-corrected chi connectivity index (χ2v) is 4.57. The second kappa shape index (κ2) is 7.72. The van der Waals surface area contributed by atoms with Crippen molar-refractivity contribution in [1.29, 1.82) is 0 Å². The maximum atomic E-state index is 14.2. The van der Waals surface area contributed by atoms with Crippen molar-refractivity contribution in [3.05, 3.63) is 72.2 Å². The van der Waals surface area contributed by atoms with Crippen molar-refractivity contribution < 1.29 is 41.8 Å². The van der Waals surface area contributed by atoms with Crippen LogP contribution in [-0.4, -0.2) is 18.6 Å². The molecule has 1 radical (unpaired) electrons. The molecule has 0 aliphatic carbocycles. The number of hydrogen-bond donors (Lipinski definition) is 0. The van der Waals surface area contributed by atoms with E-state index in [9.17, 15) is 4.39 Å². The topological polar surface area (TPSA) is 12.5 Å². The molecule has 0 bridgehead atoms. The third-order valence-corrected chi connectivity index (χ3v) is 3.18. The molecule has 2 rings (SSSR count). The number of likely N-dealkylation sites (N-methyl/N-ethyl adjacent to an activating group) is 1. The molecule has 2 nitrogen and oxygen atoms in total. The summed E-state index contributed by atoms with van der Waals surface area (Å²) in [5.41, 5.74) is 2.99. The average Bonchev–Trinajstić information content (AvgIpc) is 2.44. The van der Waals surface area contributed by atoms with Crippen LogP contribution in [0.25, 0.3) is 5.70 Å². The Bertz CT molecular complexity index is 619. The first-order valence-corrected chi connectivity index (χ1v) is 6.31. The molecule has 0 fully saturated rings. The van der Waals surface area contributed by atoms with Gasteiger partial charge in [-0.05, 0) is 11.8 Å². The molecule has 0 N–H and O–H groups in total. The molecule has 1 heterocycles. The van der Waals surface area contributed by atoms with Crippen LogP contribution in [0.4, 0.5) is 4.39 Å². The number of nitrogens with zero attached hydrogens (tertiary/aromatic N) is 1. The predicted molar refractivity (Wildman–Crippen MR) is 79.4 cm³/mol. The van der Waals surface area contributed by atoms with Crippen molar-refractivity contribution in [2.75, 3.05) is 13.7 Å². The molecular weight excluding hydrogens is 342 g/mol. The normalized spacial score (nSPS) is 14.0. The molecule has 0 saturated heterocycles. The smallest absolute Gasteiger partial charge is 0.120 e. The molecule has 0 amide bonds. The Balaban J connectivity index is 0.00000220. The number of halogens is 1. The summed E-state index contributed by atoms with van der Waals surface area (Å²) in [6, 6.07) is 4.79. The minimum absolute atomic E-state index is 0. The maximum absolute atomic E-state index is 14.2. The fourth-order valence-corrected chi connectivity index (χ4v) is 1.95. The van der Waals surface area contributed by atoms with E-state index in [-0.39, 0.29) is 38.5 Å². The first-order valence-electron chi connectivity index (χ1n) is 6.31. The SMILES string of the molecule is C=CCOc1ccc(C2=[C-]C=C(C)C(=C)N2C)c(F)c1.[Y]. The molecule has 4 heteroatoms.